The fourth-order valence-electron chi connectivity index (χ4n) is 3.22. The Morgan fingerprint density at radius 1 is 1.07 bits per heavy atom. The topological polar surface area (TPSA) is 81.9 Å². The summed E-state index contributed by atoms with van der Waals surface area (Å²) in [4.78, 5) is 25.9. The number of amides is 2. The molecular weight excluding hydrogens is 380 g/mol. The fourth-order valence-corrected chi connectivity index (χ4v) is 3.22. The van der Waals surface area contributed by atoms with E-state index in [1.165, 1.54) is 16.5 Å². The van der Waals surface area contributed by atoms with Gasteiger partial charge in [0.2, 0.25) is 11.8 Å². The van der Waals surface area contributed by atoms with Gasteiger partial charge in [0.15, 0.2) is 11.5 Å². The van der Waals surface area contributed by atoms with Crippen LogP contribution in [0.15, 0.2) is 48.5 Å². The molecule has 6 heteroatoms. The van der Waals surface area contributed by atoms with E-state index in [0.29, 0.717) is 11.5 Å². The number of benzene rings is 2. The second kappa shape index (κ2) is 11.0. The van der Waals surface area contributed by atoms with Crippen molar-refractivity contribution in [2.45, 2.75) is 32.7 Å². The Bertz CT molecular complexity index is 891. The minimum atomic E-state index is -0.558. The summed E-state index contributed by atoms with van der Waals surface area (Å²) < 4.78 is 10.5. The lowest BCUT2D eigenvalue weighted by Crippen LogP contribution is -2.39. The van der Waals surface area contributed by atoms with Crippen molar-refractivity contribution in [1.29, 1.82) is 0 Å². The highest BCUT2D eigenvalue weighted by molar-refractivity contribution is 5.94. The molecule has 6 nitrogen and oxygen atoms in total. The zero-order chi connectivity index (χ0) is 22.1. The summed E-state index contributed by atoms with van der Waals surface area (Å²) in [5.41, 5.74) is 8.37. The maximum absolute atomic E-state index is 12.9. The molecule has 0 radical (unpaired) electrons. The Kier molecular flexibility index (Phi) is 8.47. The van der Waals surface area contributed by atoms with Crippen LogP contribution in [0.3, 0.4) is 0 Å². The molecule has 2 rings (SSSR count). The Morgan fingerprint density at radius 3 is 2.30 bits per heavy atom. The average Bonchev–Trinajstić information content (AvgIpc) is 2.75. The Hall–Kier alpha value is -3.28. The number of nitrogens with zero attached hydrogens (tertiary/aromatic N) is 1. The van der Waals surface area contributed by atoms with Crippen molar-refractivity contribution < 1.29 is 19.1 Å². The normalized spacial score (nSPS) is 11.9. The number of carbonyl (C=O) groups is 2. The molecule has 0 aromatic heterocycles. The van der Waals surface area contributed by atoms with Gasteiger partial charge < -0.3 is 20.1 Å². The van der Waals surface area contributed by atoms with Gasteiger partial charge in [0.1, 0.15) is 6.54 Å². The predicted molar refractivity (Wildman–Crippen MR) is 118 cm³/mol. The van der Waals surface area contributed by atoms with Gasteiger partial charge in [0.05, 0.1) is 20.3 Å². The first-order chi connectivity index (χ1) is 14.4. The third-order valence-electron chi connectivity index (χ3n) is 4.90. The smallest absolute Gasteiger partial charge is 0.247 e. The van der Waals surface area contributed by atoms with E-state index in [4.69, 9.17) is 15.2 Å². The standard InChI is InChI=1S/C24H30N2O4/c1-5-6-18-7-11-20(12-8-18)17(2)26(16-23(25)27)24(28)14-10-19-9-13-21(29-3)22(15-19)30-4/h7-15,17H,5-6,16H2,1-4H3,(H2,25,27)/b14-10-/t17-/m0/s1. The average molecular weight is 411 g/mol. The van der Waals surface area contributed by atoms with Gasteiger partial charge in [0.25, 0.3) is 0 Å². The highest BCUT2D eigenvalue weighted by Crippen LogP contribution is 2.28. The number of rotatable bonds is 10. The third-order valence-corrected chi connectivity index (χ3v) is 4.90. The summed E-state index contributed by atoms with van der Waals surface area (Å²) in [5.74, 6) is 0.323. The number of hydrogen-bond donors (Lipinski definition) is 1. The molecule has 0 aliphatic heterocycles. The molecule has 30 heavy (non-hydrogen) atoms. The molecule has 0 saturated carbocycles. The Labute approximate surface area is 178 Å². The van der Waals surface area contributed by atoms with Crippen molar-refractivity contribution in [2.24, 2.45) is 5.73 Å². The van der Waals surface area contributed by atoms with E-state index in [-0.39, 0.29) is 18.5 Å². The van der Waals surface area contributed by atoms with E-state index >= 15 is 0 Å². The first-order valence-electron chi connectivity index (χ1n) is 9.97. The lowest BCUT2D eigenvalue weighted by molar-refractivity contribution is -0.133. The van der Waals surface area contributed by atoms with Crippen LogP contribution in [0.1, 0.15) is 43.0 Å². The van der Waals surface area contributed by atoms with Crippen LogP contribution in [-0.2, 0) is 16.0 Å². The highest BCUT2D eigenvalue weighted by atomic mass is 16.5. The number of nitrogens with two attached hydrogens (primary N) is 1. The summed E-state index contributed by atoms with van der Waals surface area (Å²) in [6.45, 7) is 3.86. The molecule has 0 spiro atoms. The molecule has 2 aromatic carbocycles. The Balaban J connectivity index is 2.22. The molecule has 2 aromatic rings. The highest BCUT2D eigenvalue weighted by Gasteiger charge is 2.21. The molecule has 2 amide bonds. The summed E-state index contributed by atoms with van der Waals surface area (Å²) in [6, 6.07) is 13.2. The van der Waals surface area contributed by atoms with Crippen LogP contribution in [0.2, 0.25) is 0 Å². The molecule has 0 saturated heterocycles. The second-order valence-corrected chi connectivity index (χ2v) is 7.05. The number of carbonyl (C=O) groups excluding carboxylic acids is 2. The van der Waals surface area contributed by atoms with Crippen LogP contribution in [0.25, 0.3) is 6.08 Å². The maximum Gasteiger partial charge on any atom is 0.247 e. The summed E-state index contributed by atoms with van der Waals surface area (Å²) in [5, 5.41) is 0. The number of aryl methyl sites for hydroxylation is 1. The minimum absolute atomic E-state index is 0.160. The lowest BCUT2D eigenvalue weighted by atomic mass is 10.0. The van der Waals surface area contributed by atoms with E-state index < -0.39 is 5.91 Å². The van der Waals surface area contributed by atoms with Gasteiger partial charge in [-0.25, -0.2) is 0 Å². The van der Waals surface area contributed by atoms with Gasteiger partial charge in [-0.2, -0.15) is 0 Å². The van der Waals surface area contributed by atoms with E-state index in [9.17, 15) is 9.59 Å². The maximum atomic E-state index is 12.9. The molecular formula is C24H30N2O4. The van der Waals surface area contributed by atoms with Crippen molar-refractivity contribution >= 4 is 17.9 Å². The molecule has 1 atom stereocenters. The summed E-state index contributed by atoms with van der Waals surface area (Å²) in [6.07, 6.45) is 5.19. The van der Waals surface area contributed by atoms with Crippen LogP contribution >= 0.6 is 0 Å². The number of hydrogen-bond acceptors (Lipinski definition) is 4. The number of ether oxygens (including phenoxy) is 2. The molecule has 160 valence electrons. The molecule has 0 aliphatic rings. The van der Waals surface area contributed by atoms with Crippen molar-refractivity contribution in [2.75, 3.05) is 20.8 Å². The van der Waals surface area contributed by atoms with E-state index in [1.807, 2.05) is 25.1 Å². The zero-order valence-electron chi connectivity index (χ0n) is 18.1. The molecule has 0 aliphatic carbocycles. The van der Waals surface area contributed by atoms with Gasteiger partial charge >= 0.3 is 0 Å². The number of methoxy groups -OCH3 is 2. The SMILES string of the molecule is CCCc1ccc([C@H](C)N(CC(N)=O)C(=O)/C=C\c2ccc(OC)c(OC)c2)cc1. The van der Waals surface area contributed by atoms with Crippen LogP contribution in [-0.4, -0.2) is 37.5 Å². The van der Waals surface area contributed by atoms with Gasteiger partial charge in [-0.3, -0.25) is 9.59 Å². The summed E-state index contributed by atoms with van der Waals surface area (Å²) >= 11 is 0. The van der Waals surface area contributed by atoms with Gasteiger partial charge in [0, 0.05) is 6.08 Å². The Morgan fingerprint density at radius 2 is 1.73 bits per heavy atom. The fraction of sp³-hybridized carbons (Fsp3) is 0.333. The third kappa shape index (κ3) is 6.11. The second-order valence-electron chi connectivity index (χ2n) is 7.05. The predicted octanol–water partition coefficient (Wildman–Crippen LogP) is 3.74. The molecule has 0 heterocycles. The van der Waals surface area contributed by atoms with Gasteiger partial charge in [-0.15, -0.1) is 0 Å². The van der Waals surface area contributed by atoms with Crippen molar-refractivity contribution in [3.8, 4) is 11.5 Å². The molecule has 2 N–H and O–H groups in total. The van der Waals surface area contributed by atoms with Crippen molar-refractivity contribution in [3.63, 3.8) is 0 Å². The van der Waals surface area contributed by atoms with Crippen molar-refractivity contribution in [3.05, 3.63) is 65.2 Å². The van der Waals surface area contributed by atoms with E-state index in [0.717, 1.165) is 24.0 Å². The quantitative estimate of drug-likeness (QED) is 0.605. The van der Waals surface area contributed by atoms with Crippen LogP contribution in [0, 0.1) is 0 Å². The van der Waals surface area contributed by atoms with Crippen LogP contribution < -0.4 is 15.2 Å². The van der Waals surface area contributed by atoms with E-state index in [1.54, 1.807) is 32.4 Å². The monoisotopic (exact) mass is 410 g/mol. The number of primary amides is 1. The van der Waals surface area contributed by atoms with Crippen LogP contribution in [0.4, 0.5) is 0 Å². The van der Waals surface area contributed by atoms with Gasteiger partial charge in [-0.1, -0.05) is 43.7 Å². The van der Waals surface area contributed by atoms with Gasteiger partial charge in [-0.05, 0) is 48.2 Å². The largest absolute Gasteiger partial charge is 0.493 e. The zero-order valence-corrected chi connectivity index (χ0v) is 18.1. The lowest BCUT2D eigenvalue weighted by Gasteiger charge is -2.27. The first kappa shape index (κ1) is 23.0. The van der Waals surface area contributed by atoms with Crippen molar-refractivity contribution in [1.82, 2.24) is 4.90 Å². The molecule has 0 fully saturated rings. The minimum Gasteiger partial charge on any atom is -0.493 e. The summed E-state index contributed by atoms with van der Waals surface area (Å²) in [7, 11) is 3.12. The molecule has 0 bridgehead atoms. The molecule has 0 unspecified atom stereocenters. The van der Waals surface area contributed by atoms with E-state index in [2.05, 4.69) is 19.1 Å². The first-order valence-corrected chi connectivity index (χ1v) is 9.97. The van der Waals surface area contributed by atoms with Crippen LogP contribution in [0.5, 0.6) is 11.5 Å².